The Balaban J connectivity index is 2.13. The van der Waals surface area contributed by atoms with Crippen molar-refractivity contribution < 1.29 is 18.8 Å². The van der Waals surface area contributed by atoms with Crippen LogP contribution in [0.15, 0.2) is 28.8 Å². The zero-order chi connectivity index (χ0) is 18.1. The number of para-hydroxylation sites is 1. The van der Waals surface area contributed by atoms with Gasteiger partial charge in [0.15, 0.2) is 5.69 Å². The lowest BCUT2D eigenvalue weighted by Gasteiger charge is -2.08. The summed E-state index contributed by atoms with van der Waals surface area (Å²) >= 11 is 0. The predicted octanol–water partition coefficient (Wildman–Crippen LogP) is 3.08. The van der Waals surface area contributed by atoms with Gasteiger partial charge in [0.1, 0.15) is 11.3 Å². The smallest absolute Gasteiger partial charge is 0.356 e. The minimum Gasteiger partial charge on any atom is -0.464 e. The second-order valence-electron chi connectivity index (χ2n) is 5.66. The quantitative estimate of drug-likeness (QED) is 0.737. The van der Waals surface area contributed by atoms with Crippen molar-refractivity contribution in [2.24, 2.45) is 7.05 Å². The van der Waals surface area contributed by atoms with E-state index >= 15 is 0 Å². The molecule has 7 heteroatoms. The molecular weight excluding hydrogens is 322 g/mol. The van der Waals surface area contributed by atoms with Gasteiger partial charge in [-0.2, -0.15) is 0 Å². The van der Waals surface area contributed by atoms with Crippen LogP contribution in [0, 0.1) is 6.92 Å². The van der Waals surface area contributed by atoms with Crippen LogP contribution < -0.4 is 5.32 Å². The summed E-state index contributed by atoms with van der Waals surface area (Å²) in [7, 11) is 3.07. The van der Waals surface area contributed by atoms with Gasteiger partial charge in [-0.3, -0.25) is 4.79 Å². The number of nitrogens with one attached hydrogen (secondary N) is 1. The normalized spacial score (nSPS) is 10.9. The van der Waals surface area contributed by atoms with Crippen molar-refractivity contribution in [1.29, 1.82) is 0 Å². The molecule has 0 radical (unpaired) electrons. The van der Waals surface area contributed by atoms with E-state index in [0.717, 1.165) is 10.9 Å². The van der Waals surface area contributed by atoms with Gasteiger partial charge in [-0.15, -0.1) is 0 Å². The average Bonchev–Trinajstić information content (AvgIpc) is 3.13. The van der Waals surface area contributed by atoms with Crippen LogP contribution >= 0.6 is 0 Å². The molecule has 0 unspecified atom stereocenters. The van der Waals surface area contributed by atoms with Crippen LogP contribution in [0.5, 0.6) is 0 Å². The molecule has 0 aliphatic heterocycles. The Labute approximate surface area is 144 Å². The molecule has 0 fully saturated rings. The summed E-state index contributed by atoms with van der Waals surface area (Å²) in [5.41, 5.74) is 2.49. The highest BCUT2D eigenvalue weighted by Crippen LogP contribution is 2.31. The summed E-state index contributed by atoms with van der Waals surface area (Å²) in [6.07, 6.45) is 0.569. The first-order valence-electron chi connectivity index (χ1n) is 7.91. The van der Waals surface area contributed by atoms with Crippen LogP contribution in [0.2, 0.25) is 0 Å². The minimum absolute atomic E-state index is 0.282. The molecule has 2 heterocycles. The number of methoxy groups -OCH3 is 1. The molecule has 1 aromatic carbocycles. The summed E-state index contributed by atoms with van der Waals surface area (Å²) in [4.78, 5) is 25.1. The fourth-order valence-corrected chi connectivity index (χ4v) is 2.98. The van der Waals surface area contributed by atoms with Gasteiger partial charge in [0.25, 0.3) is 5.91 Å². The Kier molecular flexibility index (Phi) is 4.31. The topological polar surface area (TPSA) is 86.4 Å². The third kappa shape index (κ3) is 2.67. The van der Waals surface area contributed by atoms with Crippen LogP contribution in [-0.4, -0.2) is 28.7 Å². The van der Waals surface area contributed by atoms with Crippen molar-refractivity contribution in [1.82, 2.24) is 9.72 Å². The standard InChI is InChI=1S/C18H19N3O4/c1-5-12-14(10(2)25-20-12)17(22)19-15-11-8-6-7-9-13(11)21(3)16(15)18(23)24-4/h6-9H,5H2,1-4H3,(H,19,22). The van der Waals surface area contributed by atoms with Crippen molar-refractivity contribution in [2.45, 2.75) is 20.3 Å². The van der Waals surface area contributed by atoms with Gasteiger partial charge in [-0.05, 0) is 19.4 Å². The van der Waals surface area contributed by atoms with E-state index in [1.807, 2.05) is 31.2 Å². The maximum Gasteiger partial charge on any atom is 0.356 e. The van der Waals surface area contributed by atoms with Crippen LogP contribution in [0.3, 0.4) is 0 Å². The Hall–Kier alpha value is -3.09. The van der Waals surface area contributed by atoms with E-state index < -0.39 is 5.97 Å². The number of carbonyl (C=O) groups excluding carboxylic acids is 2. The Bertz CT molecular complexity index is 968. The van der Waals surface area contributed by atoms with Crippen molar-refractivity contribution >= 4 is 28.5 Å². The number of amides is 1. The first-order valence-corrected chi connectivity index (χ1v) is 7.91. The third-order valence-electron chi connectivity index (χ3n) is 4.22. The summed E-state index contributed by atoms with van der Waals surface area (Å²) in [5.74, 6) is -0.446. The Morgan fingerprint density at radius 3 is 2.72 bits per heavy atom. The van der Waals surface area contributed by atoms with Gasteiger partial charge in [0.05, 0.1) is 24.0 Å². The largest absolute Gasteiger partial charge is 0.464 e. The van der Waals surface area contributed by atoms with Gasteiger partial charge in [0.2, 0.25) is 0 Å². The monoisotopic (exact) mass is 341 g/mol. The number of aromatic nitrogens is 2. The molecule has 25 heavy (non-hydrogen) atoms. The number of ether oxygens (including phenoxy) is 1. The van der Waals surface area contributed by atoms with E-state index in [2.05, 4.69) is 10.5 Å². The van der Waals surface area contributed by atoms with Crippen molar-refractivity contribution in [3.8, 4) is 0 Å². The lowest BCUT2D eigenvalue weighted by atomic mass is 10.1. The van der Waals surface area contributed by atoms with Crippen LogP contribution in [0.25, 0.3) is 10.9 Å². The van der Waals surface area contributed by atoms with Crippen LogP contribution in [-0.2, 0) is 18.2 Å². The number of fused-ring (bicyclic) bond motifs is 1. The van der Waals surface area contributed by atoms with Gasteiger partial charge < -0.3 is 19.1 Å². The molecule has 0 aliphatic rings. The van der Waals surface area contributed by atoms with Gasteiger partial charge in [-0.1, -0.05) is 30.3 Å². The molecular formula is C18H19N3O4. The van der Waals surface area contributed by atoms with E-state index in [-0.39, 0.29) is 11.6 Å². The van der Waals surface area contributed by atoms with E-state index in [0.29, 0.717) is 29.1 Å². The third-order valence-corrected chi connectivity index (χ3v) is 4.22. The SMILES string of the molecule is CCc1noc(C)c1C(=O)Nc1c(C(=O)OC)n(C)c2ccccc12. The zero-order valence-corrected chi connectivity index (χ0v) is 14.5. The van der Waals surface area contributed by atoms with Crippen LogP contribution in [0.4, 0.5) is 5.69 Å². The van der Waals surface area contributed by atoms with Gasteiger partial charge in [-0.25, -0.2) is 4.79 Å². The Morgan fingerprint density at radius 1 is 1.32 bits per heavy atom. The molecule has 3 rings (SSSR count). The molecule has 1 amide bonds. The highest BCUT2D eigenvalue weighted by molar-refractivity contribution is 6.15. The highest BCUT2D eigenvalue weighted by Gasteiger charge is 2.26. The number of benzene rings is 1. The second-order valence-corrected chi connectivity index (χ2v) is 5.66. The van der Waals surface area contributed by atoms with E-state index in [4.69, 9.17) is 9.26 Å². The second kappa shape index (κ2) is 6.43. The predicted molar refractivity (Wildman–Crippen MR) is 92.8 cm³/mol. The summed E-state index contributed by atoms with van der Waals surface area (Å²) < 4.78 is 11.7. The maximum atomic E-state index is 12.8. The molecule has 130 valence electrons. The lowest BCUT2D eigenvalue weighted by Crippen LogP contribution is -2.17. The number of anilines is 1. The zero-order valence-electron chi connectivity index (χ0n) is 14.5. The molecule has 3 aromatic rings. The number of esters is 1. The van der Waals surface area contributed by atoms with Gasteiger partial charge in [0, 0.05) is 12.4 Å². The van der Waals surface area contributed by atoms with Gasteiger partial charge >= 0.3 is 5.97 Å². The first kappa shape index (κ1) is 16.8. The lowest BCUT2D eigenvalue weighted by molar-refractivity contribution is 0.0591. The number of hydrogen-bond acceptors (Lipinski definition) is 5. The molecule has 0 atom stereocenters. The van der Waals surface area contributed by atoms with Crippen LogP contribution in [0.1, 0.15) is 39.2 Å². The Morgan fingerprint density at radius 2 is 2.04 bits per heavy atom. The van der Waals surface area contributed by atoms with E-state index in [1.54, 1.807) is 18.5 Å². The molecule has 0 saturated carbocycles. The van der Waals surface area contributed by atoms with Crippen molar-refractivity contribution in [3.63, 3.8) is 0 Å². The average molecular weight is 341 g/mol. The minimum atomic E-state index is -0.522. The van der Waals surface area contributed by atoms with Crippen molar-refractivity contribution in [3.05, 3.63) is 47.0 Å². The summed E-state index contributed by atoms with van der Waals surface area (Å²) in [6, 6.07) is 7.44. The molecule has 0 aliphatic carbocycles. The van der Waals surface area contributed by atoms with E-state index in [1.165, 1.54) is 7.11 Å². The molecule has 0 bridgehead atoms. The first-order chi connectivity index (χ1) is 12.0. The number of nitrogens with zero attached hydrogens (tertiary/aromatic N) is 2. The fraction of sp³-hybridized carbons (Fsp3) is 0.278. The number of rotatable bonds is 4. The molecule has 0 spiro atoms. The number of hydrogen-bond donors (Lipinski definition) is 1. The van der Waals surface area contributed by atoms with Crippen molar-refractivity contribution in [2.75, 3.05) is 12.4 Å². The summed E-state index contributed by atoms with van der Waals surface area (Å²) in [6.45, 7) is 3.58. The summed E-state index contributed by atoms with van der Waals surface area (Å²) in [5, 5.41) is 7.51. The molecule has 7 nitrogen and oxygen atoms in total. The highest BCUT2D eigenvalue weighted by atomic mass is 16.5. The maximum absolute atomic E-state index is 12.8. The fourth-order valence-electron chi connectivity index (χ4n) is 2.98. The molecule has 1 N–H and O–H groups in total. The molecule has 0 saturated heterocycles. The van der Waals surface area contributed by atoms with E-state index in [9.17, 15) is 9.59 Å². The number of carbonyl (C=O) groups is 2. The number of aryl methyl sites for hydroxylation is 3. The molecule has 2 aromatic heterocycles.